The summed E-state index contributed by atoms with van der Waals surface area (Å²) in [5.74, 6) is 0. The van der Waals surface area contributed by atoms with Crippen LogP contribution in [0.3, 0.4) is 0 Å². The van der Waals surface area contributed by atoms with Gasteiger partial charge in [0.05, 0.1) is 0 Å². The minimum Gasteiger partial charge on any atom is -1.00 e. The largest absolute Gasteiger partial charge is 1.00 e. The van der Waals surface area contributed by atoms with E-state index in [1.807, 2.05) is 13.8 Å². The summed E-state index contributed by atoms with van der Waals surface area (Å²) in [5.41, 5.74) is 9.31. The van der Waals surface area contributed by atoms with Gasteiger partial charge in [0.15, 0.2) is 0 Å². The van der Waals surface area contributed by atoms with E-state index in [1.54, 1.807) is 0 Å². The van der Waals surface area contributed by atoms with Crippen LogP contribution in [0.2, 0.25) is 13.1 Å². The van der Waals surface area contributed by atoms with Gasteiger partial charge in [-0.05, 0) is 0 Å². The van der Waals surface area contributed by atoms with Crippen LogP contribution in [0.5, 0.6) is 0 Å². The number of nitrogens with one attached hydrogen (secondary N) is 1. The zero-order valence-electron chi connectivity index (χ0n) is 11.9. The van der Waals surface area contributed by atoms with Crippen LogP contribution in [-0.4, -0.2) is 12.2 Å². The van der Waals surface area contributed by atoms with Crippen molar-refractivity contribution in [1.82, 2.24) is 0 Å². The van der Waals surface area contributed by atoms with Crippen molar-refractivity contribution < 1.29 is 44.0 Å². The number of allylic oxidation sites excluding steroid dienone is 1. The van der Waals surface area contributed by atoms with Crippen LogP contribution in [0.1, 0.15) is 25.0 Å². The first-order chi connectivity index (χ1) is 7.93. The molecule has 1 aromatic rings. The van der Waals surface area contributed by atoms with Gasteiger partial charge < -0.3 is 30.5 Å². The molecule has 0 atom stereocenters. The SMILES string of the molecule is CC(C)[NH-].C[Si](C)=[Ti+2].[C-]1=Cc2ccccc2C1.[Cl-].[Cl-]. The van der Waals surface area contributed by atoms with Crippen molar-refractivity contribution in [3.63, 3.8) is 0 Å². The van der Waals surface area contributed by atoms with E-state index in [-0.39, 0.29) is 37.0 Å². The van der Waals surface area contributed by atoms with Crippen LogP contribution in [0.15, 0.2) is 24.3 Å². The topological polar surface area (TPSA) is 23.8 Å². The first-order valence-electron chi connectivity index (χ1n) is 5.81. The third-order valence-corrected chi connectivity index (χ3v) is 1.61. The molecule has 1 N–H and O–H groups in total. The fraction of sp³-hybridized carbons (Fsp3) is 0.429. The van der Waals surface area contributed by atoms with Gasteiger partial charge in [-0.1, -0.05) is 32.0 Å². The average molecular weight is 350 g/mol. The third kappa shape index (κ3) is 16.4. The minimum absolute atomic E-state index is 0. The van der Waals surface area contributed by atoms with Crippen LogP contribution in [0.25, 0.3) is 11.8 Å². The maximum atomic E-state index is 6.58. The molecule has 1 aliphatic rings. The summed E-state index contributed by atoms with van der Waals surface area (Å²) >= 11 is 2.27. The van der Waals surface area contributed by atoms with Crippen molar-refractivity contribution in [2.75, 3.05) is 0 Å². The number of halogens is 2. The molecule has 0 spiro atoms. The predicted molar refractivity (Wildman–Crippen MR) is 74.8 cm³/mol. The smallest absolute Gasteiger partial charge is 0.0650 e. The Morgan fingerprint density at radius 3 is 2.05 bits per heavy atom. The average Bonchev–Trinajstić information content (AvgIpc) is 2.62. The van der Waals surface area contributed by atoms with Crippen molar-refractivity contribution >= 4 is 12.3 Å². The first kappa shape index (κ1) is 24.4. The normalized spacial score (nSPS) is 9.89. The van der Waals surface area contributed by atoms with Crippen molar-refractivity contribution in [3.8, 4) is 0 Å². The number of benzene rings is 1. The maximum absolute atomic E-state index is 6.58. The summed E-state index contributed by atoms with van der Waals surface area (Å²) < 4.78 is 0. The van der Waals surface area contributed by atoms with Gasteiger partial charge in [0.1, 0.15) is 0 Å². The second-order valence-electron chi connectivity index (χ2n) is 4.38. The second-order valence-corrected chi connectivity index (χ2v) is 11.1. The molecule has 0 saturated carbocycles. The second kappa shape index (κ2) is 14.8. The molecule has 0 aliphatic heterocycles. The molecule has 0 radical (unpaired) electrons. The molecule has 0 aromatic heterocycles. The van der Waals surface area contributed by atoms with Crippen molar-refractivity contribution in [2.45, 2.75) is 39.4 Å². The van der Waals surface area contributed by atoms with Gasteiger partial charge in [-0.2, -0.15) is 5.56 Å². The Morgan fingerprint density at radius 2 is 1.63 bits per heavy atom. The molecule has 1 nitrogen and oxygen atoms in total. The van der Waals surface area contributed by atoms with Crippen molar-refractivity contribution in [1.29, 1.82) is 0 Å². The van der Waals surface area contributed by atoms with E-state index in [9.17, 15) is 0 Å². The summed E-state index contributed by atoms with van der Waals surface area (Å²) in [7, 11) is 0. The molecule has 0 amide bonds. The van der Waals surface area contributed by atoms with E-state index in [4.69, 9.17) is 5.73 Å². The molecular weight excluding hydrogens is 329 g/mol. The molecule has 106 valence electrons. The first-order valence-corrected chi connectivity index (χ1v) is 10.6. The molecule has 2 rings (SSSR count). The fourth-order valence-electron chi connectivity index (χ4n) is 1.11. The van der Waals surface area contributed by atoms with Crippen LogP contribution in [0, 0.1) is 6.08 Å². The van der Waals surface area contributed by atoms with Crippen LogP contribution in [-0.2, 0) is 25.6 Å². The van der Waals surface area contributed by atoms with Gasteiger partial charge in [0, 0.05) is 0 Å². The summed E-state index contributed by atoms with van der Waals surface area (Å²) in [6.45, 7) is 8.20. The van der Waals surface area contributed by atoms with E-state index in [2.05, 4.69) is 68.7 Å². The van der Waals surface area contributed by atoms with E-state index >= 15 is 0 Å². The Labute approximate surface area is 142 Å². The number of rotatable bonds is 0. The molecule has 0 fully saturated rings. The van der Waals surface area contributed by atoms with E-state index in [1.165, 1.54) is 11.1 Å². The Morgan fingerprint density at radius 1 is 1.21 bits per heavy atom. The van der Waals surface area contributed by atoms with E-state index in [0.717, 1.165) is 6.42 Å². The summed E-state index contributed by atoms with van der Waals surface area (Å²) in [4.78, 5) is 0. The number of fused-ring (bicyclic) bond motifs is 1. The van der Waals surface area contributed by atoms with Gasteiger partial charge in [0.25, 0.3) is 0 Å². The van der Waals surface area contributed by atoms with Crippen LogP contribution in [0.4, 0.5) is 0 Å². The molecule has 1 aliphatic carbocycles. The Balaban J connectivity index is -0.000000224. The zero-order chi connectivity index (χ0) is 13.3. The summed E-state index contributed by atoms with van der Waals surface area (Å²) in [6, 6.07) is 8.48. The van der Waals surface area contributed by atoms with Gasteiger partial charge in [-0.3, -0.25) is 6.08 Å². The monoisotopic (exact) mass is 349 g/mol. The van der Waals surface area contributed by atoms with Crippen LogP contribution < -0.4 is 24.8 Å². The molecule has 0 heterocycles. The number of hydrogen-bond donors (Lipinski definition) is 0. The predicted octanol–water partition coefficient (Wildman–Crippen LogP) is -1.70. The van der Waals surface area contributed by atoms with E-state index in [0.29, 0.717) is 0 Å². The summed E-state index contributed by atoms with van der Waals surface area (Å²) in [6.07, 6.45) is 6.33. The zero-order valence-corrected chi connectivity index (χ0v) is 16.0. The molecule has 0 saturated heterocycles. The molecule has 19 heavy (non-hydrogen) atoms. The molecule has 5 heteroatoms. The van der Waals surface area contributed by atoms with E-state index < -0.39 is 0 Å². The van der Waals surface area contributed by atoms with Gasteiger partial charge in [0.2, 0.25) is 0 Å². The van der Waals surface area contributed by atoms with Gasteiger partial charge in [-0.25, -0.2) is 6.08 Å². The molecule has 0 bridgehead atoms. The quantitative estimate of drug-likeness (QED) is 0.394. The van der Waals surface area contributed by atoms with Crippen molar-refractivity contribution in [3.05, 3.63) is 47.2 Å². The number of hydrogen-bond acceptors (Lipinski definition) is 0. The molecule has 1 aromatic carbocycles. The maximum Gasteiger partial charge on any atom is -0.0650 e. The standard InChI is InChI=1S/C9H7.C3H8N.C2H6Si.2ClH.Ti/c1-2-5-9-7-3-6-8(9)4-1;1-3(2)4;1-3-2;;;/h1-2,4-6H,7H2;3-4H,1-2H3;1-2H3;2*1H;/q2*-1;;;;+2/p-2. The minimum atomic E-state index is 0. The Hall–Kier alpha value is 0.431. The van der Waals surface area contributed by atoms with Crippen molar-refractivity contribution in [2.24, 2.45) is 0 Å². The molecule has 0 unspecified atom stereocenters. The van der Waals surface area contributed by atoms with Gasteiger partial charge >= 0.3 is 38.5 Å². The Bertz CT molecular complexity index is 375. The molecular formula is C14H21Cl2NSiTi-2. The van der Waals surface area contributed by atoms with Crippen LogP contribution >= 0.6 is 0 Å². The summed E-state index contributed by atoms with van der Waals surface area (Å²) in [5, 5.41) is 0. The fourth-order valence-corrected chi connectivity index (χ4v) is 1.11. The third-order valence-electron chi connectivity index (χ3n) is 1.61. The Kier molecular flexibility index (Phi) is 19.1. The van der Waals surface area contributed by atoms with Gasteiger partial charge in [-0.15, -0.1) is 24.1 Å².